The van der Waals surface area contributed by atoms with Crippen LogP contribution in [0.25, 0.3) is 0 Å². The zero-order valence-corrected chi connectivity index (χ0v) is 12.5. The Balaban J connectivity index is 1.62. The van der Waals surface area contributed by atoms with Crippen molar-refractivity contribution < 1.29 is 8.42 Å². The lowest BCUT2D eigenvalue weighted by Crippen LogP contribution is -2.32. The van der Waals surface area contributed by atoms with E-state index in [1.165, 1.54) is 12.8 Å². The zero-order valence-electron chi connectivity index (χ0n) is 11.6. The molecular weight excluding hydrogens is 272 g/mol. The molecule has 0 aromatic heterocycles. The van der Waals surface area contributed by atoms with Gasteiger partial charge in [0.05, 0.1) is 4.90 Å². The molecule has 0 unspecified atom stereocenters. The van der Waals surface area contributed by atoms with Crippen LogP contribution in [0.15, 0.2) is 29.2 Å². The normalized spacial score (nSPS) is 20.4. The number of benzene rings is 1. The lowest BCUT2D eigenvalue weighted by molar-refractivity contribution is 0.552. The van der Waals surface area contributed by atoms with Gasteiger partial charge in [0.1, 0.15) is 0 Å². The van der Waals surface area contributed by atoms with E-state index in [0.717, 1.165) is 37.8 Å². The first-order valence-corrected chi connectivity index (χ1v) is 8.96. The number of rotatable bonds is 6. The number of sulfonamides is 1. The third-order valence-corrected chi connectivity index (χ3v) is 5.62. The van der Waals surface area contributed by atoms with E-state index in [2.05, 4.69) is 10.0 Å². The van der Waals surface area contributed by atoms with Crippen LogP contribution in [0.3, 0.4) is 0 Å². The van der Waals surface area contributed by atoms with E-state index in [1.807, 2.05) is 12.1 Å². The lowest BCUT2D eigenvalue weighted by atomic mass is 10.2. The van der Waals surface area contributed by atoms with Gasteiger partial charge in [-0.25, -0.2) is 13.1 Å². The summed E-state index contributed by atoms with van der Waals surface area (Å²) in [4.78, 5) is 0.375. The monoisotopic (exact) mass is 294 g/mol. The van der Waals surface area contributed by atoms with Crippen LogP contribution in [0.1, 0.15) is 44.1 Å². The predicted molar refractivity (Wildman–Crippen MR) is 78.9 cm³/mol. The summed E-state index contributed by atoms with van der Waals surface area (Å²) in [6.07, 6.45) is 6.69. The summed E-state index contributed by atoms with van der Waals surface area (Å²) in [5.74, 6) is 0. The van der Waals surface area contributed by atoms with Gasteiger partial charge in [0.25, 0.3) is 0 Å². The largest absolute Gasteiger partial charge is 0.310 e. The second-order valence-corrected chi connectivity index (χ2v) is 7.62. The maximum absolute atomic E-state index is 12.2. The van der Waals surface area contributed by atoms with Crippen molar-refractivity contribution in [3.8, 4) is 0 Å². The molecular formula is C15H22N2O2S. The van der Waals surface area contributed by atoms with Crippen molar-refractivity contribution in [2.24, 2.45) is 0 Å². The summed E-state index contributed by atoms with van der Waals surface area (Å²) in [6, 6.07) is 8.01. The van der Waals surface area contributed by atoms with Crippen LogP contribution in [0.5, 0.6) is 0 Å². The van der Waals surface area contributed by atoms with Crippen LogP contribution >= 0.6 is 0 Å². The third kappa shape index (κ3) is 3.59. The van der Waals surface area contributed by atoms with Gasteiger partial charge in [0.2, 0.25) is 10.0 Å². The lowest BCUT2D eigenvalue weighted by Gasteiger charge is -2.13. The Kier molecular flexibility index (Phi) is 4.10. The number of hydrogen-bond acceptors (Lipinski definition) is 3. The molecule has 1 aromatic carbocycles. The molecule has 0 radical (unpaired) electrons. The Morgan fingerprint density at radius 2 is 1.60 bits per heavy atom. The van der Waals surface area contributed by atoms with Crippen LogP contribution in [0.4, 0.5) is 0 Å². The maximum Gasteiger partial charge on any atom is 0.240 e. The molecule has 0 atom stereocenters. The molecule has 3 rings (SSSR count). The van der Waals surface area contributed by atoms with E-state index in [-0.39, 0.29) is 6.04 Å². The van der Waals surface area contributed by atoms with Gasteiger partial charge in [-0.15, -0.1) is 0 Å². The topological polar surface area (TPSA) is 58.2 Å². The predicted octanol–water partition coefficient (Wildman–Crippen LogP) is 2.16. The fraction of sp³-hybridized carbons (Fsp3) is 0.600. The first-order valence-electron chi connectivity index (χ1n) is 7.48. The Morgan fingerprint density at radius 1 is 0.950 bits per heavy atom. The van der Waals surface area contributed by atoms with Crippen molar-refractivity contribution in [2.75, 3.05) is 0 Å². The highest BCUT2D eigenvalue weighted by Crippen LogP contribution is 2.21. The highest BCUT2D eigenvalue weighted by molar-refractivity contribution is 7.89. The van der Waals surface area contributed by atoms with Crippen LogP contribution in [-0.2, 0) is 16.6 Å². The molecule has 0 saturated heterocycles. The Labute approximate surface area is 121 Å². The Bertz CT molecular complexity index is 544. The average molecular weight is 294 g/mol. The van der Waals surface area contributed by atoms with Crippen molar-refractivity contribution in [3.63, 3.8) is 0 Å². The first-order chi connectivity index (χ1) is 9.63. The van der Waals surface area contributed by atoms with E-state index in [1.54, 1.807) is 12.1 Å². The quantitative estimate of drug-likeness (QED) is 0.845. The minimum atomic E-state index is -3.35. The zero-order chi connectivity index (χ0) is 14.0. The van der Waals surface area contributed by atoms with E-state index >= 15 is 0 Å². The van der Waals surface area contributed by atoms with Gasteiger partial charge in [-0.1, -0.05) is 25.0 Å². The molecule has 20 heavy (non-hydrogen) atoms. The minimum Gasteiger partial charge on any atom is -0.310 e. The molecule has 2 aliphatic carbocycles. The second kappa shape index (κ2) is 5.84. The van der Waals surface area contributed by atoms with Crippen molar-refractivity contribution >= 4 is 10.0 Å². The van der Waals surface area contributed by atoms with Gasteiger partial charge in [0, 0.05) is 18.6 Å². The molecule has 0 heterocycles. The minimum absolute atomic E-state index is 0.121. The Hall–Kier alpha value is -0.910. The molecule has 0 spiro atoms. The summed E-state index contributed by atoms with van der Waals surface area (Å²) in [5.41, 5.74) is 1.14. The number of nitrogens with one attached hydrogen (secondary N) is 2. The van der Waals surface area contributed by atoms with Crippen LogP contribution in [0.2, 0.25) is 0 Å². The fourth-order valence-corrected chi connectivity index (χ4v) is 3.97. The molecule has 0 aliphatic heterocycles. The second-order valence-electron chi connectivity index (χ2n) is 5.90. The SMILES string of the molecule is O=S(=O)(NC1CCCC1)c1ccc(CNC2CC2)cc1. The molecule has 110 valence electrons. The summed E-state index contributed by atoms with van der Waals surface area (Å²) in [6.45, 7) is 0.820. The summed E-state index contributed by atoms with van der Waals surface area (Å²) in [5, 5.41) is 3.42. The molecule has 4 nitrogen and oxygen atoms in total. The number of hydrogen-bond donors (Lipinski definition) is 2. The highest BCUT2D eigenvalue weighted by atomic mass is 32.2. The molecule has 2 aliphatic rings. The van der Waals surface area contributed by atoms with Gasteiger partial charge in [-0.2, -0.15) is 0 Å². The molecule has 0 amide bonds. The summed E-state index contributed by atoms with van der Waals surface area (Å²) >= 11 is 0. The van der Waals surface area contributed by atoms with Crippen LogP contribution in [0, 0.1) is 0 Å². The molecule has 2 saturated carbocycles. The summed E-state index contributed by atoms with van der Waals surface area (Å²) < 4.78 is 27.3. The van der Waals surface area contributed by atoms with Gasteiger partial charge >= 0.3 is 0 Å². The van der Waals surface area contributed by atoms with Crippen molar-refractivity contribution in [2.45, 2.75) is 62.0 Å². The molecule has 2 fully saturated rings. The maximum atomic E-state index is 12.2. The van der Waals surface area contributed by atoms with Gasteiger partial charge in [-0.3, -0.25) is 0 Å². The molecule has 1 aromatic rings. The van der Waals surface area contributed by atoms with Crippen molar-refractivity contribution in [1.82, 2.24) is 10.0 Å². The summed E-state index contributed by atoms with van der Waals surface area (Å²) in [7, 11) is -3.35. The van der Waals surface area contributed by atoms with Gasteiger partial charge in [-0.05, 0) is 43.4 Å². The average Bonchev–Trinajstić information content (AvgIpc) is 3.14. The van der Waals surface area contributed by atoms with Crippen LogP contribution < -0.4 is 10.0 Å². The molecule has 2 N–H and O–H groups in total. The molecule has 5 heteroatoms. The van der Waals surface area contributed by atoms with Gasteiger partial charge < -0.3 is 5.32 Å². The smallest absolute Gasteiger partial charge is 0.240 e. The van der Waals surface area contributed by atoms with Crippen molar-refractivity contribution in [3.05, 3.63) is 29.8 Å². The van der Waals surface area contributed by atoms with E-state index in [9.17, 15) is 8.42 Å². The van der Waals surface area contributed by atoms with Crippen LogP contribution in [-0.4, -0.2) is 20.5 Å². The Morgan fingerprint density at radius 3 is 2.20 bits per heavy atom. The molecule has 0 bridgehead atoms. The van der Waals surface area contributed by atoms with Gasteiger partial charge in [0.15, 0.2) is 0 Å². The fourth-order valence-electron chi connectivity index (χ4n) is 2.67. The first kappa shape index (κ1) is 14.0. The standard InChI is InChI=1S/C15H22N2O2S/c18-20(19,17-14-3-1-2-4-14)15-9-5-12(6-10-15)11-16-13-7-8-13/h5-6,9-10,13-14,16-17H,1-4,7-8,11H2. The van der Waals surface area contributed by atoms with E-state index in [4.69, 9.17) is 0 Å². The third-order valence-electron chi connectivity index (χ3n) is 4.08. The van der Waals surface area contributed by atoms with E-state index in [0.29, 0.717) is 10.9 Å². The van der Waals surface area contributed by atoms with Crippen molar-refractivity contribution in [1.29, 1.82) is 0 Å². The highest BCUT2D eigenvalue weighted by Gasteiger charge is 2.23. The van der Waals surface area contributed by atoms with E-state index < -0.39 is 10.0 Å².